The summed E-state index contributed by atoms with van der Waals surface area (Å²) >= 11 is 0. The molecule has 8 rings (SSSR count). The standard InChI is InChI=1S/C37H54F6N2O6/c1-20-14-15-34(4)27(31(37(41,42)43)48-32-29(34)23(20)10-9-22(3)46-32)19-45(6)17-7-16-44(5)18-24-26-11-8-21(2)25-12-13-28-47-33(35(25,26)51-50-28)49-30(24)36(38,39)40/h20-23,25-26,28-29,32-33H,7-19H2,1-6H3/t20-,21-,22+,23?,25?,26+,28-,29+,32+,33+,34+,35-/m1/s1. The Kier molecular flexibility index (Phi) is 10.1. The number of allylic oxidation sites excluding steroid dienone is 2. The van der Waals surface area contributed by atoms with Gasteiger partial charge in [0.25, 0.3) is 0 Å². The molecule has 0 amide bonds. The van der Waals surface area contributed by atoms with Crippen LogP contribution in [0.4, 0.5) is 26.3 Å². The molecule has 8 aliphatic rings. The molecule has 0 aromatic rings. The van der Waals surface area contributed by atoms with Crippen LogP contribution >= 0.6 is 0 Å². The van der Waals surface area contributed by atoms with Crippen LogP contribution in [0.25, 0.3) is 0 Å². The summed E-state index contributed by atoms with van der Waals surface area (Å²) in [6, 6.07) is 0. The minimum Gasteiger partial charge on any atom is -0.459 e. The molecule has 4 saturated heterocycles. The molecule has 8 nitrogen and oxygen atoms in total. The Hall–Kier alpha value is -1.58. The molecule has 0 aromatic carbocycles. The molecule has 1 spiro atoms. The summed E-state index contributed by atoms with van der Waals surface area (Å²) in [7, 11) is 3.56. The normalized spacial score (nSPS) is 42.6. The van der Waals surface area contributed by atoms with E-state index in [1.807, 2.05) is 23.6 Å². The predicted octanol–water partition coefficient (Wildman–Crippen LogP) is 7.95. The van der Waals surface area contributed by atoms with E-state index < -0.39 is 59.7 Å². The van der Waals surface area contributed by atoms with Crippen molar-refractivity contribution in [2.24, 2.45) is 40.9 Å². The topological polar surface area (TPSA) is 61.9 Å². The number of alkyl halides is 6. The summed E-state index contributed by atoms with van der Waals surface area (Å²) in [4.78, 5) is 15.3. The van der Waals surface area contributed by atoms with Crippen LogP contribution in [0.15, 0.2) is 22.7 Å². The molecule has 0 N–H and O–H groups in total. The lowest BCUT2D eigenvalue weighted by Crippen LogP contribution is -2.66. The van der Waals surface area contributed by atoms with E-state index in [1.54, 1.807) is 14.1 Å². The van der Waals surface area contributed by atoms with Gasteiger partial charge in [-0.15, -0.1) is 0 Å². The van der Waals surface area contributed by atoms with Crippen molar-refractivity contribution in [2.75, 3.05) is 40.3 Å². The third-order valence-electron chi connectivity index (χ3n) is 13.6. The van der Waals surface area contributed by atoms with Crippen LogP contribution in [0.3, 0.4) is 0 Å². The predicted molar refractivity (Wildman–Crippen MR) is 173 cm³/mol. The average molecular weight is 737 g/mol. The molecule has 2 saturated carbocycles. The maximum Gasteiger partial charge on any atom is 0.449 e. The van der Waals surface area contributed by atoms with Crippen molar-refractivity contribution in [3.8, 4) is 0 Å². The third kappa shape index (κ3) is 6.63. The minimum absolute atomic E-state index is 0.00192. The van der Waals surface area contributed by atoms with Crippen LogP contribution in [0.1, 0.15) is 85.5 Å². The van der Waals surface area contributed by atoms with Crippen LogP contribution in [-0.2, 0) is 28.7 Å². The van der Waals surface area contributed by atoms with Gasteiger partial charge in [-0.2, -0.15) is 26.3 Å². The highest BCUT2D eigenvalue weighted by molar-refractivity contribution is 5.30. The largest absolute Gasteiger partial charge is 0.459 e. The first-order valence-electron chi connectivity index (χ1n) is 18.9. The Morgan fingerprint density at radius 2 is 1.47 bits per heavy atom. The fourth-order valence-corrected chi connectivity index (χ4v) is 11.0. The van der Waals surface area contributed by atoms with Gasteiger partial charge >= 0.3 is 12.4 Å². The molecule has 51 heavy (non-hydrogen) atoms. The lowest BCUT2D eigenvalue weighted by molar-refractivity contribution is -0.528. The van der Waals surface area contributed by atoms with Crippen LogP contribution in [0.2, 0.25) is 0 Å². The molecule has 6 fully saturated rings. The summed E-state index contributed by atoms with van der Waals surface area (Å²) in [5.74, 6) is -2.02. The molecule has 2 unspecified atom stereocenters. The number of hydrogen-bond acceptors (Lipinski definition) is 8. The van der Waals surface area contributed by atoms with Gasteiger partial charge in [0, 0.05) is 42.7 Å². The van der Waals surface area contributed by atoms with Gasteiger partial charge in [0.1, 0.15) is 0 Å². The van der Waals surface area contributed by atoms with Gasteiger partial charge in [0.15, 0.2) is 11.9 Å². The lowest BCUT2D eigenvalue weighted by Gasteiger charge is -2.56. The number of rotatable bonds is 8. The SMILES string of the molecule is C[C@@H]1CC[C@@]2(C)C(CN(C)CCCN(C)CC3=C(C(F)(F)F)O[C@@H]4O[C@H]5CCC6[C@H](C)CC[C@@H]3[C@]64OO5)=C(C(F)(F)F)O[C@@H]3O[C@@H](C)CCC1[C@@H]32. The molecule has 14 heteroatoms. The number of likely N-dealkylation sites (N-methyl/N-ethyl adjacent to an activating group) is 2. The highest BCUT2D eigenvalue weighted by Gasteiger charge is 2.68. The van der Waals surface area contributed by atoms with Crippen molar-refractivity contribution in [1.29, 1.82) is 0 Å². The summed E-state index contributed by atoms with van der Waals surface area (Å²) in [5, 5.41) is 0. The summed E-state index contributed by atoms with van der Waals surface area (Å²) in [6.45, 7) is 9.11. The van der Waals surface area contributed by atoms with E-state index in [-0.39, 0.29) is 54.0 Å². The molecule has 0 radical (unpaired) electrons. The fourth-order valence-electron chi connectivity index (χ4n) is 11.0. The van der Waals surface area contributed by atoms with Crippen molar-refractivity contribution < 1.29 is 55.1 Å². The van der Waals surface area contributed by atoms with E-state index in [0.717, 1.165) is 25.7 Å². The minimum atomic E-state index is -4.72. The Labute approximate surface area is 297 Å². The molecule has 6 heterocycles. The van der Waals surface area contributed by atoms with Crippen molar-refractivity contribution >= 4 is 0 Å². The first-order chi connectivity index (χ1) is 23.9. The molecule has 0 aromatic heterocycles. The van der Waals surface area contributed by atoms with Crippen molar-refractivity contribution in [3.05, 3.63) is 22.7 Å². The van der Waals surface area contributed by atoms with Crippen LogP contribution in [0, 0.1) is 40.9 Å². The molecular weight excluding hydrogens is 682 g/mol. The summed E-state index contributed by atoms with van der Waals surface area (Å²) < 4.78 is 111. The summed E-state index contributed by atoms with van der Waals surface area (Å²) in [6.07, 6.45) is -6.32. The molecule has 2 bridgehead atoms. The number of nitrogens with zero attached hydrogens (tertiary/aromatic N) is 2. The Morgan fingerprint density at radius 3 is 2.18 bits per heavy atom. The van der Waals surface area contributed by atoms with Crippen LogP contribution in [0.5, 0.6) is 0 Å². The van der Waals surface area contributed by atoms with E-state index in [4.69, 9.17) is 28.7 Å². The number of hydrogen-bond donors (Lipinski definition) is 0. The van der Waals surface area contributed by atoms with E-state index in [2.05, 4.69) is 13.8 Å². The zero-order valence-electron chi connectivity index (χ0n) is 30.6. The number of ether oxygens (including phenoxy) is 4. The lowest BCUT2D eigenvalue weighted by atomic mass is 9.54. The Morgan fingerprint density at radius 1 is 0.765 bits per heavy atom. The first kappa shape index (κ1) is 37.7. The van der Waals surface area contributed by atoms with Gasteiger partial charge in [0.05, 0.1) is 6.10 Å². The van der Waals surface area contributed by atoms with Crippen molar-refractivity contribution in [2.45, 2.75) is 128 Å². The monoisotopic (exact) mass is 736 g/mol. The van der Waals surface area contributed by atoms with Gasteiger partial charge in [-0.25, -0.2) is 9.78 Å². The quantitative estimate of drug-likeness (QED) is 0.184. The van der Waals surface area contributed by atoms with E-state index in [9.17, 15) is 26.3 Å². The maximum absolute atomic E-state index is 14.7. The fraction of sp³-hybridized carbons (Fsp3) is 0.892. The second-order valence-electron chi connectivity index (χ2n) is 17.0. The molecular formula is C37H54F6N2O6. The zero-order valence-corrected chi connectivity index (χ0v) is 30.6. The third-order valence-corrected chi connectivity index (χ3v) is 13.6. The highest BCUT2D eigenvalue weighted by Crippen LogP contribution is 2.61. The molecule has 2 aliphatic carbocycles. The average Bonchev–Trinajstić information content (AvgIpc) is 3.42. The van der Waals surface area contributed by atoms with Crippen molar-refractivity contribution in [3.63, 3.8) is 0 Å². The smallest absolute Gasteiger partial charge is 0.449 e. The van der Waals surface area contributed by atoms with Crippen LogP contribution < -0.4 is 0 Å². The second-order valence-corrected chi connectivity index (χ2v) is 17.0. The number of fused-ring (bicyclic) bond motifs is 2. The maximum atomic E-state index is 14.7. The Bertz CT molecular complexity index is 1370. The van der Waals surface area contributed by atoms with Gasteiger partial charge in [-0.1, -0.05) is 20.8 Å². The zero-order chi connectivity index (χ0) is 36.7. The highest BCUT2D eigenvalue weighted by atomic mass is 19.4. The van der Waals surface area contributed by atoms with E-state index in [0.29, 0.717) is 51.1 Å². The molecule has 12 atom stereocenters. The van der Waals surface area contributed by atoms with E-state index >= 15 is 0 Å². The van der Waals surface area contributed by atoms with Gasteiger partial charge in [0.2, 0.25) is 24.1 Å². The first-order valence-corrected chi connectivity index (χ1v) is 18.9. The van der Waals surface area contributed by atoms with Gasteiger partial charge < -0.3 is 28.7 Å². The summed E-state index contributed by atoms with van der Waals surface area (Å²) in [5.41, 5.74) is -1.48. The van der Waals surface area contributed by atoms with Gasteiger partial charge in [-0.3, -0.25) is 0 Å². The van der Waals surface area contributed by atoms with Crippen LogP contribution in [-0.4, -0.2) is 93.0 Å². The molecule has 290 valence electrons. The Balaban J connectivity index is 1.06. The second kappa shape index (κ2) is 13.6. The van der Waals surface area contributed by atoms with Crippen molar-refractivity contribution in [1.82, 2.24) is 9.80 Å². The van der Waals surface area contributed by atoms with Gasteiger partial charge in [-0.05, 0) is 114 Å². The molecule has 6 aliphatic heterocycles. The number of halogens is 6. The van der Waals surface area contributed by atoms with E-state index in [1.165, 1.54) is 0 Å².